The third-order valence-electron chi connectivity index (χ3n) is 3.00. The van der Waals surface area contributed by atoms with Gasteiger partial charge in [-0.25, -0.2) is 9.18 Å². The molecule has 0 spiro atoms. The minimum absolute atomic E-state index is 0.0960. The second kappa shape index (κ2) is 6.73. The van der Waals surface area contributed by atoms with Crippen molar-refractivity contribution < 1.29 is 23.8 Å². The van der Waals surface area contributed by atoms with Gasteiger partial charge in [-0.05, 0) is 18.2 Å². The maximum atomic E-state index is 12.9. The van der Waals surface area contributed by atoms with E-state index in [1.807, 2.05) is 0 Å². The number of amides is 2. The minimum atomic E-state index is -0.983. The van der Waals surface area contributed by atoms with Gasteiger partial charge in [0.1, 0.15) is 5.82 Å². The molecule has 1 aliphatic rings. The van der Waals surface area contributed by atoms with Crippen LogP contribution >= 0.6 is 11.6 Å². The Morgan fingerprint density at radius 2 is 2.29 bits per heavy atom. The first-order chi connectivity index (χ1) is 9.95. The van der Waals surface area contributed by atoms with E-state index in [-0.39, 0.29) is 24.6 Å². The van der Waals surface area contributed by atoms with E-state index in [4.69, 9.17) is 21.4 Å². The Hall–Kier alpha value is -1.86. The smallest absolute Gasteiger partial charge is 0.322 e. The standard InChI is InChI=1S/C13H14ClFN2O4/c14-10-5-8(15)1-2-11(10)16-13(20)17-3-4-21-9(7-17)6-12(18)19/h1-2,5,9H,3-4,6-7H2,(H,16,20)(H,18,19). The van der Waals surface area contributed by atoms with E-state index >= 15 is 0 Å². The molecule has 1 aliphatic heterocycles. The highest BCUT2D eigenvalue weighted by Gasteiger charge is 2.26. The van der Waals surface area contributed by atoms with Crippen molar-refractivity contribution in [2.75, 3.05) is 25.0 Å². The molecule has 0 radical (unpaired) electrons. The zero-order valence-corrected chi connectivity index (χ0v) is 11.8. The number of nitrogens with zero attached hydrogens (tertiary/aromatic N) is 1. The molecule has 8 heteroatoms. The molecule has 6 nitrogen and oxygen atoms in total. The van der Waals surface area contributed by atoms with E-state index in [0.29, 0.717) is 12.2 Å². The number of halogens is 2. The Balaban J connectivity index is 1.97. The van der Waals surface area contributed by atoms with E-state index < -0.39 is 23.9 Å². The second-order valence-electron chi connectivity index (χ2n) is 4.59. The molecule has 0 bridgehead atoms. The number of ether oxygens (including phenoxy) is 1. The minimum Gasteiger partial charge on any atom is -0.481 e. The van der Waals surface area contributed by atoms with Crippen molar-refractivity contribution in [1.82, 2.24) is 4.90 Å². The third kappa shape index (κ3) is 4.30. The normalized spacial score (nSPS) is 18.4. The van der Waals surface area contributed by atoms with Gasteiger partial charge in [0.05, 0.1) is 29.8 Å². The zero-order valence-electron chi connectivity index (χ0n) is 11.0. The number of anilines is 1. The fourth-order valence-electron chi connectivity index (χ4n) is 2.01. The first-order valence-corrected chi connectivity index (χ1v) is 6.68. The lowest BCUT2D eigenvalue weighted by Crippen LogP contribution is -2.47. The van der Waals surface area contributed by atoms with E-state index in [2.05, 4.69) is 5.32 Å². The van der Waals surface area contributed by atoms with Gasteiger partial charge in [-0.3, -0.25) is 4.79 Å². The van der Waals surface area contributed by atoms with Crippen LogP contribution in [0.25, 0.3) is 0 Å². The second-order valence-corrected chi connectivity index (χ2v) is 5.00. The van der Waals surface area contributed by atoms with Gasteiger partial charge in [0.2, 0.25) is 0 Å². The topological polar surface area (TPSA) is 78.9 Å². The average molecular weight is 317 g/mol. The summed E-state index contributed by atoms with van der Waals surface area (Å²) < 4.78 is 18.2. The zero-order chi connectivity index (χ0) is 15.4. The average Bonchev–Trinajstić information content (AvgIpc) is 2.41. The molecule has 2 amide bonds. The molecular formula is C13H14ClFN2O4. The molecule has 21 heavy (non-hydrogen) atoms. The van der Waals surface area contributed by atoms with Gasteiger partial charge >= 0.3 is 12.0 Å². The summed E-state index contributed by atoms with van der Waals surface area (Å²) in [6, 6.07) is 3.23. The summed E-state index contributed by atoms with van der Waals surface area (Å²) in [5.74, 6) is -1.48. The highest BCUT2D eigenvalue weighted by Crippen LogP contribution is 2.23. The Kier molecular flexibility index (Phi) is 4.98. The number of benzene rings is 1. The fraction of sp³-hybridized carbons (Fsp3) is 0.385. The van der Waals surface area contributed by atoms with Crippen LogP contribution in [0.15, 0.2) is 18.2 Å². The predicted octanol–water partition coefficient (Wildman–Crippen LogP) is 2.19. The van der Waals surface area contributed by atoms with Crippen LogP contribution < -0.4 is 5.32 Å². The number of carboxylic acid groups (broad SMARTS) is 1. The van der Waals surface area contributed by atoms with Crippen LogP contribution in [0.5, 0.6) is 0 Å². The van der Waals surface area contributed by atoms with Gasteiger partial charge in [0, 0.05) is 13.1 Å². The number of nitrogens with one attached hydrogen (secondary N) is 1. The van der Waals surface area contributed by atoms with Crippen LogP contribution in [0.2, 0.25) is 5.02 Å². The monoisotopic (exact) mass is 316 g/mol. The summed E-state index contributed by atoms with van der Waals surface area (Å²) in [6.45, 7) is 0.792. The number of carbonyl (C=O) groups is 2. The number of morpholine rings is 1. The molecule has 0 aliphatic carbocycles. The number of aliphatic carboxylic acids is 1. The molecule has 1 saturated heterocycles. The highest BCUT2D eigenvalue weighted by atomic mass is 35.5. The largest absolute Gasteiger partial charge is 0.481 e. The van der Waals surface area contributed by atoms with Gasteiger partial charge in [-0.15, -0.1) is 0 Å². The Labute approximate surface area is 125 Å². The number of carboxylic acids is 1. The van der Waals surface area contributed by atoms with Crippen LogP contribution in [-0.4, -0.2) is 47.8 Å². The van der Waals surface area contributed by atoms with E-state index in [9.17, 15) is 14.0 Å². The highest BCUT2D eigenvalue weighted by molar-refractivity contribution is 6.33. The lowest BCUT2D eigenvalue weighted by molar-refractivity contribution is -0.141. The number of hydrogen-bond donors (Lipinski definition) is 2. The summed E-state index contributed by atoms with van der Waals surface area (Å²) in [7, 11) is 0. The van der Waals surface area contributed by atoms with Gasteiger partial charge in [-0.2, -0.15) is 0 Å². The SMILES string of the molecule is O=C(O)CC1CN(C(=O)Nc2ccc(F)cc2Cl)CCO1. The molecule has 1 atom stereocenters. The molecular weight excluding hydrogens is 303 g/mol. The van der Waals surface area contributed by atoms with E-state index in [1.165, 1.54) is 17.0 Å². The Morgan fingerprint density at radius 1 is 1.52 bits per heavy atom. The van der Waals surface area contributed by atoms with Crippen LogP contribution in [-0.2, 0) is 9.53 Å². The van der Waals surface area contributed by atoms with E-state index in [0.717, 1.165) is 6.07 Å². The molecule has 2 N–H and O–H groups in total. The Morgan fingerprint density at radius 3 is 2.95 bits per heavy atom. The molecule has 0 aromatic heterocycles. The third-order valence-corrected chi connectivity index (χ3v) is 3.31. The molecule has 0 saturated carbocycles. The van der Waals surface area contributed by atoms with Crippen LogP contribution in [0.4, 0.5) is 14.9 Å². The van der Waals surface area contributed by atoms with Crippen molar-refractivity contribution in [2.45, 2.75) is 12.5 Å². The summed E-state index contributed by atoms with van der Waals surface area (Å²) in [4.78, 5) is 24.2. The van der Waals surface area contributed by atoms with Crippen molar-refractivity contribution in [3.8, 4) is 0 Å². The van der Waals surface area contributed by atoms with Crippen molar-refractivity contribution in [3.63, 3.8) is 0 Å². The first-order valence-electron chi connectivity index (χ1n) is 6.30. The van der Waals surface area contributed by atoms with Crippen LogP contribution in [0.3, 0.4) is 0 Å². The van der Waals surface area contributed by atoms with E-state index in [1.54, 1.807) is 0 Å². The van der Waals surface area contributed by atoms with Crippen molar-refractivity contribution in [2.24, 2.45) is 0 Å². The lowest BCUT2D eigenvalue weighted by Gasteiger charge is -2.32. The predicted molar refractivity (Wildman–Crippen MR) is 74.0 cm³/mol. The number of rotatable bonds is 3. The maximum absolute atomic E-state index is 12.9. The molecule has 2 rings (SSSR count). The van der Waals surface area contributed by atoms with Crippen molar-refractivity contribution in [3.05, 3.63) is 29.0 Å². The molecule has 1 unspecified atom stereocenters. The summed E-state index contributed by atoms with van der Waals surface area (Å²) in [5.41, 5.74) is 0.296. The van der Waals surface area contributed by atoms with Gasteiger partial charge in [0.25, 0.3) is 0 Å². The fourth-order valence-corrected chi connectivity index (χ4v) is 2.22. The molecule has 1 fully saturated rings. The summed E-state index contributed by atoms with van der Waals surface area (Å²) >= 11 is 5.83. The van der Waals surface area contributed by atoms with Crippen LogP contribution in [0, 0.1) is 5.82 Å². The van der Waals surface area contributed by atoms with Crippen LogP contribution in [0.1, 0.15) is 6.42 Å². The van der Waals surface area contributed by atoms with Gasteiger partial charge < -0.3 is 20.1 Å². The van der Waals surface area contributed by atoms with Crippen molar-refractivity contribution in [1.29, 1.82) is 0 Å². The summed E-state index contributed by atoms with van der Waals surface area (Å²) in [5, 5.41) is 11.4. The molecule has 1 aromatic carbocycles. The maximum Gasteiger partial charge on any atom is 0.322 e. The summed E-state index contributed by atoms with van der Waals surface area (Å²) in [6.07, 6.45) is -0.702. The first kappa shape index (κ1) is 15.5. The molecule has 1 aromatic rings. The number of urea groups is 1. The Bertz CT molecular complexity index is 555. The van der Waals surface area contributed by atoms with Crippen molar-refractivity contribution >= 4 is 29.3 Å². The quantitative estimate of drug-likeness (QED) is 0.896. The van der Waals surface area contributed by atoms with Gasteiger partial charge in [-0.1, -0.05) is 11.6 Å². The number of carbonyl (C=O) groups excluding carboxylic acids is 1. The molecule has 1 heterocycles. The number of hydrogen-bond acceptors (Lipinski definition) is 3. The lowest BCUT2D eigenvalue weighted by atomic mass is 10.2. The molecule has 114 valence electrons. The van der Waals surface area contributed by atoms with Gasteiger partial charge in [0.15, 0.2) is 0 Å².